The zero-order chi connectivity index (χ0) is 15.0. The van der Waals surface area contributed by atoms with Crippen LogP contribution in [0.4, 0.5) is 0 Å². The molecule has 0 saturated carbocycles. The van der Waals surface area contributed by atoms with Crippen LogP contribution < -0.4 is 0 Å². The van der Waals surface area contributed by atoms with Crippen LogP contribution in [-0.2, 0) is 4.74 Å². The van der Waals surface area contributed by atoms with Crippen LogP contribution in [0.15, 0.2) is 30.3 Å². The number of nitrogens with zero attached hydrogens (tertiary/aromatic N) is 2. The van der Waals surface area contributed by atoms with Crippen molar-refractivity contribution in [2.75, 3.05) is 13.1 Å². The van der Waals surface area contributed by atoms with Gasteiger partial charge in [0.25, 0.3) is 5.91 Å². The second-order valence-electron chi connectivity index (χ2n) is 5.48. The van der Waals surface area contributed by atoms with Gasteiger partial charge in [0, 0.05) is 18.5 Å². The Labute approximate surface area is 128 Å². The summed E-state index contributed by atoms with van der Waals surface area (Å²) in [7, 11) is 0. The smallest absolute Gasteiger partial charge is 0.254 e. The first-order chi connectivity index (χ1) is 10.0. The molecule has 2 heterocycles. The molecule has 4 nitrogen and oxygen atoms in total. The standard InChI is InChI=1S/C16H17ClN2O2/c1-10-8-19(9-11(2)21-10)16(20)13-7-15(17)18-14-6-4-3-5-12(13)14/h3-7,10-11H,8-9H2,1-2H3. The van der Waals surface area contributed by atoms with Gasteiger partial charge in [-0.25, -0.2) is 4.98 Å². The van der Waals surface area contributed by atoms with Crippen molar-refractivity contribution in [2.45, 2.75) is 26.1 Å². The van der Waals surface area contributed by atoms with E-state index in [0.29, 0.717) is 23.8 Å². The Balaban J connectivity index is 2.01. The second-order valence-corrected chi connectivity index (χ2v) is 5.86. The van der Waals surface area contributed by atoms with Crippen molar-refractivity contribution in [3.8, 4) is 0 Å². The minimum absolute atomic E-state index is 0.0162. The fourth-order valence-corrected chi connectivity index (χ4v) is 3.03. The topological polar surface area (TPSA) is 42.4 Å². The van der Waals surface area contributed by atoms with Gasteiger partial charge < -0.3 is 9.64 Å². The van der Waals surface area contributed by atoms with Gasteiger partial charge in [0.05, 0.1) is 23.3 Å². The fourth-order valence-electron chi connectivity index (χ4n) is 2.83. The summed E-state index contributed by atoms with van der Waals surface area (Å²) < 4.78 is 5.68. The third-order valence-electron chi connectivity index (χ3n) is 3.62. The summed E-state index contributed by atoms with van der Waals surface area (Å²) in [6.07, 6.45) is 0.0857. The summed E-state index contributed by atoms with van der Waals surface area (Å²) in [6, 6.07) is 9.21. The van der Waals surface area contributed by atoms with Crippen molar-refractivity contribution < 1.29 is 9.53 Å². The lowest BCUT2D eigenvalue weighted by molar-refractivity contribution is -0.0585. The van der Waals surface area contributed by atoms with Crippen LogP contribution in [-0.4, -0.2) is 41.1 Å². The average Bonchev–Trinajstić information content (AvgIpc) is 2.44. The van der Waals surface area contributed by atoms with Gasteiger partial charge in [-0.3, -0.25) is 4.79 Å². The molecule has 0 N–H and O–H groups in total. The summed E-state index contributed by atoms with van der Waals surface area (Å²) in [6.45, 7) is 5.15. The van der Waals surface area contributed by atoms with Crippen LogP contribution in [0, 0.1) is 0 Å². The SMILES string of the molecule is CC1CN(C(=O)c2cc(Cl)nc3ccccc23)CC(C)O1. The molecule has 2 atom stereocenters. The normalized spacial score (nSPS) is 22.5. The number of aromatic nitrogens is 1. The third kappa shape index (κ3) is 2.87. The first kappa shape index (κ1) is 14.3. The molecule has 5 heteroatoms. The molecule has 2 aromatic rings. The Morgan fingerprint density at radius 2 is 1.95 bits per heavy atom. The number of benzene rings is 1. The first-order valence-corrected chi connectivity index (χ1v) is 7.42. The molecule has 1 aromatic carbocycles. The van der Waals surface area contributed by atoms with E-state index in [1.54, 1.807) is 6.07 Å². The van der Waals surface area contributed by atoms with E-state index in [1.165, 1.54) is 0 Å². The zero-order valence-electron chi connectivity index (χ0n) is 12.0. The molecule has 0 radical (unpaired) electrons. The van der Waals surface area contributed by atoms with Crippen molar-refractivity contribution >= 4 is 28.4 Å². The molecule has 0 spiro atoms. The third-order valence-corrected chi connectivity index (χ3v) is 3.82. The van der Waals surface area contributed by atoms with Gasteiger partial charge in [-0.05, 0) is 26.0 Å². The number of rotatable bonds is 1. The summed E-state index contributed by atoms with van der Waals surface area (Å²) in [5.41, 5.74) is 1.34. The van der Waals surface area contributed by atoms with Crippen molar-refractivity contribution in [1.82, 2.24) is 9.88 Å². The molecule has 2 unspecified atom stereocenters. The maximum atomic E-state index is 12.8. The van der Waals surface area contributed by atoms with E-state index in [-0.39, 0.29) is 18.1 Å². The summed E-state index contributed by atoms with van der Waals surface area (Å²) in [5.74, 6) is -0.0162. The van der Waals surface area contributed by atoms with Gasteiger partial charge in [0.2, 0.25) is 0 Å². The summed E-state index contributed by atoms with van der Waals surface area (Å²) in [5, 5.41) is 1.17. The molecule has 1 aliphatic heterocycles. The molecule has 1 fully saturated rings. The number of hydrogen-bond acceptors (Lipinski definition) is 3. The van der Waals surface area contributed by atoms with Crippen LogP contribution in [0.25, 0.3) is 10.9 Å². The molecule has 110 valence electrons. The molecule has 1 aliphatic rings. The Hall–Kier alpha value is -1.65. The molecular weight excluding hydrogens is 288 g/mol. The number of amides is 1. The van der Waals surface area contributed by atoms with Gasteiger partial charge >= 0.3 is 0 Å². The molecule has 1 saturated heterocycles. The number of morpholine rings is 1. The van der Waals surface area contributed by atoms with Crippen molar-refractivity contribution in [3.63, 3.8) is 0 Å². The van der Waals surface area contributed by atoms with E-state index in [9.17, 15) is 4.79 Å². The summed E-state index contributed by atoms with van der Waals surface area (Å²) in [4.78, 5) is 18.9. The van der Waals surface area contributed by atoms with E-state index >= 15 is 0 Å². The highest BCUT2D eigenvalue weighted by molar-refractivity contribution is 6.30. The molecule has 1 aromatic heterocycles. The largest absolute Gasteiger partial charge is 0.372 e. The quantitative estimate of drug-likeness (QED) is 0.760. The Morgan fingerprint density at radius 1 is 1.29 bits per heavy atom. The van der Waals surface area contributed by atoms with E-state index < -0.39 is 0 Å². The number of ether oxygens (including phenoxy) is 1. The number of halogens is 1. The number of carbonyl (C=O) groups is 1. The van der Waals surface area contributed by atoms with Crippen LogP contribution >= 0.6 is 11.6 Å². The van der Waals surface area contributed by atoms with E-state index in [4.69, 9.17) is 16.3 Å². The van der Waals surface area contributed by atoms with E-state index in [0.717, 1.165) is 10.9 Å². The Morgan fingerprint density at radius 3 is 2.67 bits per heavy atom. The zero-order valence-corrected chi connectivity index (χ0v) is 12.8. The molecule has 0 bridgehead atoms. The van der Waals surface area contributed by atoms with Crippen LogP contribution in [0.2, 0.25) is 5.15 Å². The summed E-state index contributed by atoms with van der Waals surface area (Å²) >= 11 is 6.06. The number of pyridine rings is 1. The number of hydrogen-bond donors (Lipinski definition) is 0. The lowest BCUT2D eigenvalue weighted by Crippen LogP contribution is -2.48. The van der Waals surface area contributed by atoms with Crippen LogP contribution in [0.5, 0.6) is 0 Å². The van der Waals surface area contributed by atoms with Crippen molar-refractivity contribution in [2.24, 2.45) is 0 Å². The minimum atomic E-state index is -0.0162. The van der Waals surface area contributed by atoms with Gasteiger partial charge in [0.15, 0.2) is 0 Å². The van der Waals surface area contributed by atoms with Crippen molar-refractivity contribution in [1.29, 1.82) is 0 Å². The van der Waals surface area contributed by atoms with Crippen LogP contribution in [0.3, 0.4) is 0 Å². The average molecular weight is 305 g/mol. The molecule has 3 rings (SSSR count). The maximum Gasteiger partial charge on any atom is 0.254 e. The fraction of sp³-hybridized carbons (Fsp3) is 0.375. The Kier molecular flexibility index (Phi) is 3.83. The predicted molar refractivity (Wildman–Crippen MR) is 82.7 cm³/mol. The lowest BCUT2D eigenvalue weighted by atomic mass is 10.1. The van der Waals surface area contributed by atoms with Gasteiger partial charge in [0.1, 0.15) is 5.15 Å². The number of carbonyl (C=O) groups excluding carboxylic acids is 1. The van der Waals surface area contributed by atoms with Gasteiger partial charge in [-0.2, -0.15) is 0 Å². The van der Waals surface area contributed by atoms with Gasteiger partial charge in [-0.1, -0.05) is 29.8 Å². The molecule has 21 heavy (non-hydrogen) atoms. The Bertz CT molecular complexity index is 679. The predicted octanol–water partition coefficient (Wildman–Crippen LogP) is 3.14. The number of para-hydroxylation sites is 1. The van der Waals surface area contributed by atoms with Crippen molar-refractivity contribution in [3.05, 3.63) is 41.0 Å². The molecule has 1 amide bonds. The highest BCUT2D eigenvalue weighted by Gasteiger charge is 2.27. The maximum absolute atomic E-state index is 12.8. The van der Waals surface area contributed by atoms with E-state index in [2.05, 4.69) is 4.98 Å². The molecule has 0 aliphatic carbocycles. The highest BCUT2D eigenvalue weighted by Crippen LogP contribution is 2.23. The highest BCUT2D eigenvalue weighted by atomic mass is 35.5. The monoisotopic (exact) mass is 304 g/mol. The lowest BCUT2D eigenvalue weighted by Gasteiger charge is -2.35. The first-order valence-electron chi connectivity index (χ1n) is 7.04. The van der Waals surface area contributed by atoms with Crippen LogP contribution in [0.1, 0.15) is 24.2 Å². The second kappa shape index (κ2) is 5.62. The van der Waals surface area contributed by atoms with E-state index in [1.807, 2.05) is 43.0 Å². The van der Waals surface area contributed by atoms with Gasteiger partial charge in [-0.15, -0.1) is 0 Å². The minimum Gasteiger partial charge on any atom is -0.372 e. The number of fused-ring (bicyclic) bond motifs is 1. The molecular formula is C16H17ClN2O2.